The smallest absolute Gasteiger partial charge is 0.321 e. The van der Waals surface area contributed by atoms with E-state index >= 15 is 0 Å². The van der Waals surface area contributed by atoms with Gasteiger partial charge in [-0.25, -0.2) is 4.79 Å². The number of methoxy groups -OCH3 is 1. The number of rotatable bonds is 5. The van der Waals surface area contributed by atoms with Crippen molar-refractivity contribution in [2.75, 3.05) is 58.4 Å². The molecule has 0 saturated carbocycles. The highest BCUT2D eigenvalue weighted by atomic mass is 16.5. The number of nitrogens with one attached hydrogen (secondary N) is 1. The third-order valence-corrected chi connectivity index (χ3v) is 5.02. The van der Waals surface area contributed by atoms with Crippen molar-refractivity contribution in [1.29, 1.82) is 0 Å². The fourth-order valence-corrected chi connectivity index (χ4v) is 3.38. The highest BCUT2D eigenvalue weighted by Crippen LogP contribution is 2.16. The molecular weight excluding hydrogens is 318 g/mol. The van der Waals surface area contributed by atoms with Gasteiger partial charge < -0.3 is 19.7 Å². The molecule has 6 heteroatoms. The maximum Gasteiger partial charge on any atom is 0.321 e. The summed E-state index contributed by atoms with van der Waals surface area (Å²) in [6.07, 6.45) is 3.20. The van der Waals surface area contributed by atoms with Crippen molar-refractivity contribution in [2.45, 2.75) is 25.4 Å². The number of piperidine rings is 1. The van der Waals surface area contributed by atoms with Gasteiger partial charge in [0, 0.05) is 45.5 Å². The fraction of sp³-hybridized carbons (Fsp3) is 0.632. The summed E-state index contributed by atoms with van der Waals surface area (Å²) < 4.78 is 10.8. The molecule has 0 aliphatic carbocycles. The van der Waals surface area contributed by atoms with Gasteiger partial charge in [0.1, 0.15) is 0 Å². The lowest BCUT2D eigenvalue weighted by Gasteiger charge is -2.31. The molecular formula is C19H29N3O3. The predicted molar refractivity (Wildman–Crippen MR) is 98.0 cm³/mol. The predicted octanol–water partition coefficient (Wildman–Crippen LogP) is 2.20. The van der Waals surface area contributed by atoms with Gasteiger partial charge >= 0.3 is 6.03 Å². The van der Waals surface area contributed by atoms with E-state index in [-0.39, 0.29) is 12.1 Å². The lowest BCUT2D eigenvalue weighted by Crippen LogP contribution is -2.44. The first-order valence-electron chi connectivity index (χ1n) is 9.22. The molecule has 1 aromatic rings. The molecule has 1 N–H and O–H groups in total. The second kappa shape index (κ2) is 9.17. The summed E-state index contributed by atoms with van der Waals surface area (Å²) >= 11 is 0. The van der Waals surface area contributed by atoms with Gasteiger partial charge in [0.15, 0.2) is 0 Å². The number of likely N-dealkylation sites (tertiary alicyclic amines) is 1. The third kappa shape index (κ3) is 5.42. The highest BCUT2D eigenvalue weighted by Gasteiger charge is 2.23. The average molecular weight is 347 g/mol. The molecule has 1 aromatic carbocycles. The molecule has 2 fully saturated rings. The minimum atomic E-state index is -0.0391. The van der Waals surface area contributed by atoms with Crippen LogP contribution in [0, 0.1) is 0 Å². The second-order valence-electron chi connectivity index (χ2n) is 6.78. The number of amides is 2. The molecule has 0 bridgehead atoms. The number of carbonyl (C=O) groups is 1. The van der Waals surface area contributed by atoms with E-state index in [0.717, 1.165) is 64.3 Å². The molecule has 25 heavy (non-hydrogen) atoms. The highest BCUT2D eigenvalue weighted by molar-refractivity contribution is 5.89. The minimum absolute atomic E-state index is 0.0391. The van der Waals surface area contributed by atoms with Gasteiger partial charge in [-0.1, -0.05) is 12.1 Å². The number of hydrogen-bond acceptors (Lipinski definition) is 4. The van der Waals surface area contributed by atoms with Crippen molar-refractivity contribution in [1.82, 2.24) is 9.80 Å². The van der Waals surface area contributed by atoms with Crippen molar-refractivity contribution in [3.63, 3.8) is 0 Å². The van der Waals surface area contributed by atoms with Crippen LogP contribution < -0.4 is 5.32 Å². The van der Waals surface area contributed by atoms with Crippen LogP contribution in [0.25, 0.3) is 0 Å². The van der Waals surface area contributed by atoms with Crippen LogP contribution in [0.3, 0.4) is 0 Å². The SMILES string of the molecule is COC1CCCN(C(=O)Nc2ccc(CCN3CCOCC3)cc2)C1. The summed E-state index contributed by atoms with van der Waals surface area (Å²) in [4.78, 5) is 16.7. The van der Waals surface area contributed by atoms with Crippen molar-refractivity contribution in [3.05, 3.63) is 29.8 Å². The van der Waals surface area contributed by atoms with Crippen LogP contribution in [-0.4, -0.2) is 75.0 Å². The molecule has 2 amide bonds. The van der Waals surface area contributed by atoms with Gasteiger partial charge in [-0.3, -0.25) is 4.90 Å². The van der Waals surface area contributed by atoms with Crippen molar-refractivity contribution in [3.8, 4) is 0 Å². The summed E-state index contributed by atoms with van der Waals surface area (Å²) in [5, 5.41) is 2.99. The molecule has 3 rings (SSSR count). The molecule has 2 saturated heterocycles. The van der Waals surface area contributed by atoms with E-state index in [1.807, 2.05) is 17.0 Å². The standard InChI is InChI=1S/C19H29N3O3/c1-24-18-3-2-9-22(15-18)19(23)20-17-6-4-16(5-7-17)8-10-21-11-13-25-14-12-21/h4-7,18H,2-3,8-15H2,1H3,(H,20,23). The minimum Gasteiger partial charge on any atom is -0.380 e. The van der Waals surface area contributed by atoms with Gasteiger partial charge in [-0.15, -0.1) is 0 Å². The number of carbonyl (C=O) groups excluding carboxylic acids is 1. The van der Waals surface area contributed by atoms with E-state index < -0.39 is 0 Å². The normalized spacial score (nSPS) is 22.0. The molecule has 2 heterocycles. The number of nitrogens with zero attached hydrogens (tertiary/aromatic N) is 2. The first-order chi connectivity index (χ1) is 12.2. The molecule has 1 atom stereocenters. The van der Waals surface area contributed by atoms with E-state index in [4.69, 9.17) is 9.47 Å². The van der Waals surface area contributed by atoms with E-state index in [9.17, 15) is 4.79 Å². The molecule has 0 radical (unpaired) electrons. The van der Waals surface area contributed by atoms with E-state index in [1.54, 1.807) is 7.11 Å². The maximum absolute atomic E-state index is 12.4. The van der Waals surface area contributed by atoms with Crippen LogP contribution in [0.1, 0.15) is 18.4 Å². The van der Waals surface area contributed by atoms with Crippen LogP contribution in [-0.2, 0) is 15.9 Å². The monoisotopic (exact) mass is 347 g/mol. The van der Waals surface area contributed by atoms with Crippen molar-refractivity contribution >= 4 is 11.7 Å². The van der Waals surface area contributed by atoms with Crippen LogP contribution in [0.5, 0.6) is 0 Å². The molecule has 138 valence electrons. The summed E-state index contributed by atoms with van der Waals surface area (Å²) in [7, 11) is 1.71. The van der Waals surface area contributed by atoms with Crippen molar-refractivity contribution in [2.24, 2.45) is 0 Å². The number of benzene rings is 1. The number of anilines is 1. The van der Waals surface area contributed by atoms with Crippen LogP contribution >= 0.6 is 0 Å². The lowest BCUT2D eigenvalue weighted by atomic mass is 10.1. The van der Waals surface area contributed by atoms with Gasteiger partial charge in [-0.2, -0.15) is 0 Å². The summed E-state index contributed by atoms with van der Waals surface area (Å²) in [5.74, 6) is 0. The Morgan fingerprint density at radius 1 is 1.24 bits per heavy atom. The van der Waals surface area contributed by atoms with Gasteiger partial charge in [-0.05, 0) is 37.0 Å². The lowest BCUT2D eigenvalue weighted by molar-refractivity contribution is 0.0384. The maximum atomic E-state index is 12.4. The zero-order chi connectivity index (χ0) is 17.5. The van der Waals surface area contributed by atoms with Gasteiger partial charge in [0.2, 0.25) is 0 Å². The number of ether oxygens (including phenoxy) is 2. The summed E-state index contributed by atoms with van der Waals surface area (Å²) in [6.45, 7) is 6.24. The molecule has 2 aliphatic rings. The van der Waals surface area contributed by atoms with Crippen LogP contribution in [0.4, 0.5) is 10.5 Å². The van der Waals surface area contributed by atoms with Crippen molar-refractivity contribution < 1.29 is 14.3 Å². The van der Waals surface area contributed by atoms with Gasteiger partial charge in [0.05, 0.1) is 19.3 Å². The van der Waals surface area contributed by atoms with Gasteiger partial charge in [0.25, 0.3) is 0 Å². The fourth-order valence-electron chi connectivity index (χ4n) is 3.38. The largest absolute Gasteiger partial charge is 0.380 e. The Morgan fingerprint density at radius 2 is 2.00 bits per heavy atom. The Labute approximate surface area is 150 Å². The number of morpholine rings is 1. The number of urea groups is 1. The summed E-state index contributed by atoms with van der Waals surface area (Å²) in [6, 6.07) is 8.14. The molecule has 1 unspecified atom stereocenters. The quantitative estimate of drug-likeness (QED) is 0.887. The molecule has 0 spiro atoms. The molecule has 6 nitrogen and oxygen atoms in total. The first kappa shape index (κ1) is 18.2. The van der Waals surface area contributed by atoms with E-state index in [0.29, 0.717) is 6.54 Å². The zero-order valence-corrected chi connectivity index (χ0v) is 15.1. The Balaban J connectivity index is 1.46. The summed E-state index contributed by atoms with van der Waals surface area (Å²) in [5.41, 5.74) is 2.14. The third-order valence-electron chi connectivity index (χ3n) is 5.02. The Hall–Kier alpha value is -1.63. The second-order valence-corrected chi connectivity index (χ2v) is 6.78. The molecule has 0 aromatic heterocycles. The van der Waals surface area contributed by atoms with E-state index in [2.05, 4.69) is 22.3 Å². The number of hydrogen-bond donors (Lipinski definition) is 1. The average Bonchev–Trinajstić information content (AvgIpc) is 2.68. The Morgan fingerprint density at radius 3 is 2.72 bits per heavy atom. The Bertz CT molecular complexity index is 543. The van der Waals surface area contributed by atoms with Crippen LogP contribution in [0.2, 0.25) is 0 Å². The topological polar surface area (TPSA) is 54.0 Å². The first-order valence-corrected chi connectivity index (χ1v) is 9.22. The Kier molecular flexibility index (Phi) is 6.67. The zero-order valence-electron chi connectivity index (χ0n) is 15.1. The van der Waals surface area contributed by atoms with Crippen LogP contribution in [0.15, 0.2) is 24.3 Å². The van der Waals surface area contributed by atoms with E-state index in [1.165, 1.54) is 5.56 Å². The molecule has 2 aliphatic heterocycles.